The van der Waals surface area contributed by atoms with Crippen LogP contribution in [0.5, 0.6) is 0 Å². The molecule has 0 saturated carbocycles. The van der Waals surface area contributed by atoms with Gasteiger partial charge in [0, 0.05) is 30.8 Å². The number of nitrogens with zero attached hydrogens (tertiary/aromatic N) is 3. The molecule has 2 aromatic carbocycles. The molecule has 1 amide bonds. The molecule has 7 heteroatoms. The third-order valence-electron chi connectivity index (χ3n) is 5.92. The Labute approximate surface area is 186 Å². The number of benzene rings is 2. The summed E-state index contributed by atoms with van der Waals surface area (Å²) in [6.45, 7) is 6.10. The molecule has 0 unspecified atom stereocenters. The van der Waals surface area contributed by atoms with Crippen molar-refractivity contribution in [1.82, 2.24) is 14.5 Å². The average Bonchev–Trinajstić information content (AvgIpc) is 2.81. The van der Waals surface area contributed by atoms with Gasteiger partial charge >= 0.3 is 0 Å². The Kier molecular flexibility index (Phi) is 6.46. The van der Waals surface area contributed by atoms with Gasteiger partial charge in [-0.25, -0.2) is 9.37 Å². The van der Waals surface area contributed by atoms with Crippen LogP contribution in [0.25, 0.3) is 11.4 Å². The van der Waals surface area contributed by atoms with Crippen LogP contribution in [0.2, 0.25) is 0 Å². The zero-order valence-corrected chi connectivity index (χ0v) is 18.4. The third kappa shape index (κ3) is 4.48. The summed E-state index contributed by atoms with van der Waals surface area (Å²) >= 11 is 0. The van der Waals surface area contributed by atoms with E-state index in [2.05, 4.69) is 17.1 Å². The second kappa shape index (κ2) is 9.44. The topological polar surface area (TPSA) is 67.2 Å². The quantitative estimate of drug-likeness (QED) is 0.643. The van der Waals surface area contributed by atoms with Gasteiger partial charge in [0.15, 0.2) is 0 Å². The van der Waals surface area contributed by atoms with E-state index in [1.807, 2.05) is 31.2 Å². The van der Waals surface area contributed by atoms with Gasteiger partial charge in [0.2, 0.25) is 5.91 Å². The maximum Gasteiger partial charge on any atom is 0.259 e. The summed E-state index contributed by atoms with van der Waals surface area (Å²) in [6.07, 6.45) is 1.45. The maximum atomic E-state index is 13.5. The Morgan fingerprint density at radius 2 is 1.88 bits per heavy atom. The van der Waals surface area contributed by atoms with E-state index in [4.69, 9.17) is 4.98 Å². The molecule has 32 heavy (non-hydrogen) atoms. The lowest BCUT2D eigenvalue weighted by Crippen LogP contribution is -2.39. The van der Waals surface area contributed by atoms with Gasteiger partial charge < -0.3 is 5.32 Å². The number of amides is 1. The van der Waals surface area contributed by atoms with Gasteiger partial charge in [0.25, 0.3) is 5.56 Å². The number of likely N-dealkylation sites (N-methyl/N-ethyl adjacent to an activating group) is 1. The molecule has 166 valence electrons. The lowest BCUT2D eigenvalue weighted by Gasteiger charge is -2.27. The third-order valence-corrected chi connectivity index (χ3v) is 5.92. The molecule has 0 atom stereocenters. The minimum absolute atomic E-state index is 0.171. The summed E-state index contributed by atoms with van der Waals surface area (Å²) in [7, 11) is 0. The standard InChI is InChI=1S/C25H27FN4O2/c1-3-17-7-5-6-8-21(17)27-23(31)16-30-24(18-9-11-19(26)12-10-18)28-22-13-14-29(4-2)15-20(22)25(30)32/h5-12H,3-4,13-16H2,1-2H3,(H,27,31). The minimum Gasteiger partial charge on any atom is -0.324 e. The highest BCUT2D eigenvalue weighted by molar-refractivity contribution is 5.91. The van der Waals surface area contributed by atoms with Gasteiger partial charge in [0.05, 0.1) is 11.3 Å². The number of nitrogens with one attached hydrogen (secondary N) is 1. The molecule has 1 aliphatic rings. The van der Waals surface area contributed by atoms with E-state index in [0.717, 1.165) is 36.5 Å². The number of para-hydroxylation sites is 1. The van der Waals surface area contributed by atoms with Crippen LogP contribution in [-0.4, -0.2) is 33.4 Å². The van der Waals surface area contributed by atoms with Crippen LogP contribution >= 0.6 is 0 Å². The van der Waals surface area contributed by atoms with Gasteiger partial charge in [-0.1, -0.05) is 32.0 Å². The largest absolute Gasteiger partial charge is 0.324 e. The van der Waals surface area contributed by atoms with Crippen molar-refractivity contribution in [2.45, 2.75) is 39.8 Å². The number of halogens is 1. The molecular formula is C25H27FN4O2. The predicted molar refractivity (Wildman–Crippen MR) is 123 cm³/mol. The fourth-order valence-electron chi connectivity index (χ4n) is 4.09. The second-order valence-electron chi connectivity index (χ2n) is 7.94. The molecule has 3 aromatic rings. The number of hydrogen-bond acceptors (Lipinski definition) is 4. The summed E-state index contributed by atoms with van der Waals surface area (Å²) in [5, 5.41) is 2.93. The first-order chi connectivity index (χ1) is 15.5. The van der Waals surface area contributed by atoms with E-state index in [0.29, 0.717) is 29.9 Å². The van der Waals surface area contributed by atoms with Crippen molar-refractivity contribution in [1.29, 1.82) is 0 Å². The highest BCUT2D eigenvalue weighted by Gasteiger charge is 2.24. The van der Waals surface area contributed by atoms with Crippen molar-refractivity contribution in [3.63, 3.8) is 0 Å². The Morgan fingerprint density at radius 3 is 2.59 bits per heavy atom. The molecule has 1 aromatic heterocycles. The highest BCUT2D eigenvalue weighted by Crippen LogP contribution is 2.22. The van der Waals surface area contributed by atoms with Crippen LogP contribution in [0.4, 0.5) is 10.1 Å². The molecule has 4 rings (SSSR count). The molecule has 0 spiro atoms. The van der Waals surface area contributed by atoms with Crippen molar-refractivity contribution in [3.8, 4) is 11.4 Å². The van der Waals surface area contributed by atoms with E-state index >= 15 is 0 Å². The van der Waals surface area contributed by atoms with Crippen molar-refractivity contribution < 1.29 is 9.18 Å². The number of carbonyl (C=O) groups excluding carboxylic acids is 1. The van der Waals surface area contributed by atoms with Crippen molar-refractivity contribution in [2.75, 3.05) is 18.4 Å². The Bertz CT molecular complexity index is 1190. The summed E-state index contributed by atoms with van der Waals surface area (Å²) in [6, 6.07) is 13.5. The van der Waals surface area contributed by atoms with Crippen LogP contribution in [0.1, 0.15) is 30.7 Å². The fraction of sp³-hybridized carbons (Fsp3) is 0.320. The van der Waals surface area contributed by atoms with Gasteiger partial charge in [-0.05, 0) is 48.9 Å². The number of rotatable bonds is 6. The van der Waals surface area contributed by atoms with Crippen LogP contribution in [0.15, 0.2) is 53.3 Å². The van der Waals surface area contributed by atoms with Crippen LogP contribution < -0.4 is 10.9 Å². The molecule has 0 fully saturated rings. The zero-order chi connectivity index (χ0) is 22.7. The van der Waals surface area contributed by atoms with E-state index in [9.17, 15) is 14.0 Å². The van der Waals surface area contributed by atoms with E-state index in [1.165, 1.54) is 16.7 Å². The molecule has 6 nitrogen and oxygen atoms in total. The average molecular weight is 435 g/mol. The number of aromatic nitrogens is 2. The maximum absolute atomic E-state index is 13.5. The number of aryl methyl sites for hydroxylation is 1. The number of fused-ring (bicyclic) bond motifs is 1. The molecule has 0 saturated heterocycles. The van der Waals surface area contributed by atoms with E-state index in [-0.39, 0.29) is 23.8 Å². The normalized spacial score (nSPS) is 13.6. The molecule has 0 aliphatic carbocycles. The smallest absolute Gasteiger partial charge is 0.259 e. The molecule has 1 aliphatic heterocycles. The molecule has 0 bridgehead atoms. The monoisotopic (exact) mass is 434 g/mol. The number of carbonyl (C=O) groups is 1. The molecule has 1 N–H and O–H groups in total. The predicted octanol–water partition coefficient (Wildman–Crippen LogP) is 3.63. The SMILES string of the molecule is CCc1ccccc1NC(=O)Cn1c(-c2ccc(F)cc2)nc2c(c1=O)CN(CC)CC2. The second-order valence-corrected chi connectivity index (χ2v) is 7.94. The zero-order valence-electron chi connectivity index (χ0n) is 18.4. The first-order valence-electron chi connectivity index (χ1n) is 11.0. The number of hydrogen-bond donors (Lipinski definition) is 1. The van der Waals surface area contributed by atoms with Crippen LogP contribution in [-0.2, 0) is 30.7 Å². The summed E-state index contributed by atoms with van der Waals surface area (Å²) in [5.74, 6) is -0.285. The first-order valence-corrected chi connectivity index (χ1v) is 11.0. The van der Waals surface area contributed by atoms with Crippen molar-refractivity contribution >= 4 is 11.6 Å². The Balaban J connectivity index is 1.74. The van der Waals surface area contributed by atoms with Crippen LogP contribution in [0.3, 0.4) is 0 Å². The van der Waals surface area contributed by atoms with Gasteiger partial charge in [-0.3, -0.25) is 19.1 Å². The Morgan fingerprint density at radius 1 is 1.12 bits per heavy atom. The van der Waals surface area contributed by atoms with Crippen LogP contribution in [0, 0.1) is 5.82 Å². The van der Waals surface area contributed by atoms with Gasteiger partial charge in [-0.15, -0.1) is 0 Å². The highest BCUT2D eigenvalue weighted by atomic mass is 19.1. The first kappa shape index (κ1) is 21.9. The minimum atomic E-state index is -0.367. The summed E-state index contributed by atoms with van der Waals surface area (Å²) < 4.78 is 14.9. The van der Waals surface area contributed by atoms with E-state index in [1.54, 1.807) is 12.1 Å². The van der Waals surface area contributed by atoms with Crippen molar-refractivity contribution in [3.05, 3.63) is 81.5 Å². The Hall–Kier alpha value is -3.32. The van der Waals surface area contributed by atoms with Gasteiger partial charge in [0.1, 0.15) is 18.2 Å². The molecule has 0 radical (unpaired) electrons. The van der Waals surface area contributed by atoms with Crippen molar-refractivity contribution in [2.24, 2.45) is 0 Å². The van der Waals surface area contributed by atoms with Gasteiger partial charge in [-0.2, -0.15) is 0 Å². The molecule has 2 heterocycles. The summed E-state index contributed by atoms with van der Waals surface area (Å²) in [5.41, 5.74) is 3.53. The fourth-order valence-corrected chi connectivity index (χ4v) is 4.09. The molecular weight excluding hydrogens is 407 g/mol. The van der Waals surface area contributed by atoms with E-state index < -0.39 is 0 Å². The number of anilines is 1. The summed E-state index contributed by atoms with van der Waals surface area (Å²) in [4.78, 5) is 33.4. The lowest BCUT2D eigenvalue weighted by atomic mass is 10.1. The lowest BCUT2D eigenvalue weighted by molar-refractivity contribution is -0.116.